The molecule has 1 N–H and O–H groups in total. The van der Waals surface area contributed by atoms with Crippen molar-refractivity contribution in [3.8, 4) is 5.75 Å². The SMILES string of the molecule is O=[N+]([O-])c1cc2[nH]ccc2cc1OCc1ccccc1. The molecule has 0 fully saturated rings. The highest BCUT2D eigenvalue weighted by molar-refractivity contribution is 5.84. The molecule has 0 aliphatic carbocycles. The van der Waals surface area contributed by atoms with Gasteiger partial charge in [-0.15, -0.1) is 0 Å². The Balaban J connectivity index is 1.92. The fourth-order valence-corrected chi connectivity index (χ4v) is 2.06. The Bertz CT molecular complexity index is 750. The maximum Gasteiger partial charge on any atom is 0.313 e. The van der Waals surface area contributed by atoms with Crippen LogP contribution < -0.4 is 4.74 Å². The molecular weight excluding hydrogens is 256 g/mol. The minimum atomic E-state index is -0.430. The lowest BCUT2D eigenvalue weighted by Crippen LogP contribution is -1.99. The van der Waals surface area contributed by atoms with Gasteiger partial charge < -0.3 is 9.72 Å². The molecule has 0 unspecified atom stereocenters. The summed E-state index contributed by atoms with van der Waals surface area (Å²) in [7, 11) is 0. The second-order valence-corrected chi connectivity index (χ2v) is 4.42. The molecule has 100 valence electrons. The number of nitro benzene ring substituents is 1. The highest BCUT2D eigenvalue weighted by Crippen LogP contribution is 2.32. The fourth-order valence-electron chi connectivity index (χ4n) is 2.06. The van der Waals surface area contributed by atoms with Crippen molar-refractivity contribution in [3.63, 3.8) is 0 Å². The van der Waals surface area contributed by atoms with E-state index in [1.807, 2.05) is 36.4 Å². The number of aromatic nitrogens is 1. The Kier molecular flexibility index (Phi) is 3.09. The summed E-state index contributed by atoms with van der Waals surface area (Å²) in [6, 6.07) is 14.6. The first-order valence-corrected chi connectivity index (χ1v) is 6.16. The summed E-state index contributed by atoms with van der Waals surface area (Å²) in [5, 5.41) is 12.0. The van der Waals surface area contributed by atoms with Crippen molar-refractivity contribution in [2.24, 2.45) is 0 Å². The number of hydrogen-bond acceptors (Lipinski definition) is 3. The number of H-pyrrole nitrogens is 1. The van der Waals surface area contributed by atoms with Gasteiger partial charge >= 0.3 is 5.69 Å². The number of ether oxygens (including phenoxy) is 1. The molecule has 0 saturated heterocycles. The molecule has 0 bridgehead atoms. The summed E-state index contributed by atoms with van der Waals surface area (Å²) in [6.45, 7) is 0.303. The molecule has 0 amide bonds. The third kappa shape index (κ3) is 2.33. The molecule has 1 aromatic heterocycles. The van der Waals surface area contributed by atoms with E-state index in [-0.39, 0.29) is 11.4 Å². The van der Waals surface area contributed by atoms with Gasteiger partial charge in [-0.25, -0.2) is 0 Å². The minimum absolute atomic E-state index is 0.0316. The van der Waals surface area contributed by atoms with Gasteiger partial charge in [0.2, 0.25) is 0 Å². The molecule has 0 saturated carbocycles. The standard InChI is InChI=1S/C15H12N2O3/c18-17(19)14-9-13-12(6-7-16-13)8-15(14)20-10-11-4-2-1-3-5-11/h1-9,16H,10H2. The molecular formula is C15H12N2O3. The summed E-state index contributed by atoms with van der Waals surface area (Å²) in [4.78, 5) is 13.6. The average Bonchev–Trinajstić information content (AvgIpc) is 2.92. The predicted molar refractivity (Wildman–Crippen MR) is 75.7 cm³/mol. The number of nitrogens with zero attached hydrogens (tertiary/aromatic N) is 1. The third-order valence-corrected chi connectivity index (χ3v) is 3.07. The first-order chi connectivity index (χ1) is 9.74. The number of rotatable bonds is 4. The fraction of sp³-hybridized carbons (Fsp3) is 0.0667. The molecule has 5 heteroatoms. The van der Waals surface area contributed by atoms with Crippen LogP contribution in [0.3, 0.4) is 0 Å². The van der Waals surface area contributed by atoms with Crippen LogP contribution in [0, 0.1) is 10.1 Å². The second-order valence-electron chi connectivity index (χ2n) is 4.42. The normalized spacial score (nSPS) is 10.6. The van der Waals surface area contributed by atoms with E-state index in [0.29, 0.717) is 6.61 Å². The molecule has 5 nitrogen and oxygen atoms in total. The van der Waals surface area contributed by atoms with Gasteiger partial charge in [0, 0.05) is 17.6 Å². The van der Waals surface area contributed by atoms with Gasteiger partial charge in [-0.05, 0) is 17.7 Å². The smallest absolute Gasteiger partial charge is 0.313 e. The number of benzene rings is 2. The number of nitro groups is 1. The largest absolute Gasteiger partial charge is 0.482 e. The van der Waals surface area contributed by atoms with Gasteiger partial charge in [0.05, 0.1) is 10.4 Å². The highest BCUT2D eigenvalue weighted by atomic mass is 16.6. The van der Waals surface area contributed by atoms with E-state index in [2.05, 4.69) is 4.98 Å². The number of aromatic amines is 1. The monoisotopic (exact) mass is 268 g/mol. The highest BCUT2D eigenvalue weighted by Gasteiger charge is 2.17. The van der Waals surface area contributed by atoms with Crippen LogP contribution in [0.5, 0.6) is 5.75 Å². The minimum Gasteiger partial charge on any atom is -0.482 e. The van der Waals surface area contributed by atoms with Gasteiger partial charge in [-0.3, -0.25) is 10.1 Å². The van der Waals surface area contributed by atoms with Crippen molar-refractivity contribution in [3.05, 3.63) is 70.4 Å². The van der Waals surface area contributed by atoms with E-state index < -0.39 is 4.92 Å². The lowest BCUT2D eigenvalue weighted by Gasteiger charge is -2.07. The van der Waals surface area contributed by atoms with Crippen LogP contribution in [0.25, 0.3) is 10.9 Å². The van der Waals surface area contributed by atoms with Crippen molar-refractivity contribution in [1.82, 2.24) is 4.98 Å². The van der Waals surface area contributed by atoms with Gasteiger partial charge in [-0.2, -0.15) is 0 Å². The van der Waals surface area contributed by atoms with Gasteiger partial charge in [0.1, 0.15) is 6.61 Å². The van der Waals surface area contributed by atoms with Gasteiger partial charge in [0.25, 0.3) is 0 Å². The lowest BCUT2D eigenvalue weighted by molar-refractivity contribution is -0.385. The topological polar surface area (TPSA) is 68.2 Å². The van der Waals surface area contributed by atoms with Crippen molar-refractivity contribution in [2.75, 3.05) is 0 Å². The summed E-state index contributed by atoms with van der Waals surface area (Å²) in [5.41, 5.74) is 1.66. The molecule has 0 spiro atoms. The molecule has 20 heavy (non-hydrogen) atoms. The number of fused-ring (bicyclic) bond motifs is 1. The zero-order chi connectivity index (χ0) is 13.9. The predicted octanol–water partition coefficient (Wildman–Crippen LogP) is 3.66. The molecule has 0 aliphatic rings. The van der Waals surface area contributed by atoms with Crippen molar-refractivity contribution < 1.29 is 9.66 Å². The summed E-state index contributed by atoms with van der Waals surface area (Å²) < 4.78 is 5.61. The third-order valence-electron chi connectivity index (χ3n) is 3.07. The van der Waals surface area contributed by atoms with Crippen LogP contribution in [0.1, 0.15) is 5.56 Å². The second kappa shape index (κ2) is 5.05. The summed E-state index contributed by atoms with van der Waals surface area (Å²) in [5.74, 6) is 0.283. The molecule has 3 rings (SSSR count). The summed E-state index contributed by atoms with van der Waals surface area (Å²) >= 11 is 0. The van der Waals surface area contributed by atoms with Gasteiger partial charge in [-0.1, -0.05) is 30.3 Å². The number of nitrogens with one attached hydrogen (secondary N) is 1. The van der Waals surface area contributed by atoms with E-state index in [9.17, 15) is 10.1 Å². The van der Waals surface area contributed by atoms with Crippen molar-refractivity contribution >= 4 is 16.6 Å². The Hall–Kier alpha value is -2.82. The molecule has 1 heterocycles. The average molecular weight is 268 g/mol. The molecule has 0 aliphatic heterocycles. The van der Waals surface area contributed by atoms with Crippen LogP contribution in [0.4, 0.5) is 5.69 Å². The van der Waals surface area contributed by atoms with Crippen LogP contribution in [0.2, 0.25) is 0 Å². The van der Waals surface area contributed by atoms with E-state index in [4.69, 9.17) is 4.74 Å². The van der Waals surface area contributed by atoms with E-state index in [1.165, 1.54) is 6.07 Å². The maximum atomic E-state index is 11.1. The lowest BCUT2D eigenvalue weighted by atomic mass is 10.2. The Labute approximate surface area is 115 Å². The Morgan fingerprint density at radius 3 is 2.70 bits per heavy atom. The zero-order valence-electron chi connectivity index (χ0n) is 10.6. The zero-order valence-corrected chi connectivity index (χ0v) is 10.6. The first kappa shape index (κ1) is 12.2. The molecule has 3 aromatic rings. The van der Waals surface area contributed by atoms with E-state index in [0.717, 1.165) is 16.5 Å². The molecule has 0 atom stereocenters. The quantitative estimate of drug-likeness (QED) is 0.580. The number of hydrogen-bond donors (Lipinski definition) is 1. The van der Waals surface area contributed by atoms with Crippen LogP contribution >= 0.6 is 0 Å². The van der Waals surface area contributed by atoms with E-state index >= 15 is 0 Å². The Morgan fingerprint density at radius 1 is 1.15 bits per heavy atom. The van der Waals surface area contributed by atoms with Crippen molar-refractivity contribution in [1.29, 1.82) is 0 Å². The van der Waals surface area contributed by atoms with E-state index in [1.54, 1.807) is 12.3 Å². The van der Waals surface area contributed by atoms with Crippen molar-refractivity contribution in [2.45, 2.75) is 6.61 Å². The van der Waals surface area contributed by atoms with Gasteiger partial charge in [0.15, 0.2) is 5.75 Å². The molecule has 0 radical (unpaired) electrons. The molecule has 2 aromatic carbocycles. The van der Waals surface area contributed by atoms with Crippen LogP contribution in [-0.2, 0) is 6.61 Å². The Morgan fingerprint density at radius 2 is 1.95 bits per heavy atom. The maximum absolute atomic E-state index is 11.1. The summed E-state index contributed by atoms with van der Waals surface area (Å²) in [6.07, 6.45) is 1.75. The van der Waals surface area contributed by atoms with Crippen LogP contribution in [0.15, 0.2) is 54.7 Å². The van der Waals surface area contributed by atoms with Crippen LogP contribution in [-0.4, -0.2) is 9.91 Å². The first-order valence-electron chi connectivity index (χ1n) is 6.16.